The second-order valence-electron chi connectivity index (χ2n) is 2.89. The number of hydrogen-bond acceptors (Lipinski definition) is 3. The molecule has 0 aliphatic carbocycles. The Hall–Kier alpha value is -0.880. The molecule has 3 nitrogen and oxygen atoms in total. The number of ether oxygens (including phenoxy) is 1. The molecule has 0 fully saturated rings. The van der Waals surface area contributed by atoms with Gasteiger partial charge in [-0.1, -0.05) is 0 Å². The van der Waals surface area contributed by atoms with E-state index in [4.69, 9.17) is 10.5 Å². The zero-order valence-electron chi connectivity index (χ0n) is 7.93. The molecule has 1 rings (SSSR count). The van der Waals surface area contributed by atoms with E-state index in [-0.39, 0.29) is 21.5 Å². The van der Waals surface area contributed by atoms with Gasteiger partial charge in [-0.25, -0.2) is 0 Å². The van der Waals surface area contributed by atoms with Crippen molar-refractivity contribution in [2.45, 2.75) is 5.92 Å². The monoisotopic (exact) mass is 281 g/mol. The number of benzene rings is 1. The molecule has 0 aromatic heterocycles. The van der Waals surface area contributed by atoms with Gasteiger partial charge in [-0.2, -0.15) is 8.78 Å². The van der Waals surface area contributed by atoms with Crippen LogP contribution in [-0.2, 0) is 5.92 Å². The molecule has 0 spiro atoms. The molecule has 0 radical (unpaired) electrons. The van der Waals surface area contributed by atoms with Crippen LogP contribution in [0.5, 0.6) is 11.5 Å². The van der Waals surface area contributed by atoms with Crippen LogP contribution in [0.4, 0.5) is 8.78 Å². The van der Waals surface area contributed by atoms with Gasteiger partial charge in [0.25, 0.3) is 5.92 Å². The van der Waals surface area contributed by atoms with Crippen LogP contribution in [0.2, 0.25) is 0 Å². The van der Waals surface area contributed by atoms with E-state index in [1.165, 1.54) is 13.2 Å². The number of alkyl halides is 2. The first kappa shape index (κ1) is 12.2. The van der Waals surface area contributed by atoms with Gasteiger partial charge in [0.1, 0.15) is 0 Å². The Labute approximate surface area is 94.0 Å². The van der Waals surface area contributed by atoms with E-state index in [9.17, 15) is 13.9 Å². The predicted molar refractivity (Wildman–Crippen MR) is 55.3 cm³/mol. The zero-order valence-corrected chi connectivity index (χ0v) is 9.51. The molecule has 0 bridgehead atoms. The van der Waals surface area contributed by atoms with E-state index >= 15 is 0 Å². The molecule has 0 saturated carbocycles. The Morgan fingerprint density at radius 3 is 2.60 bits per heavy atom. The minimum absolute atomic E-state index is 0.0997. The van der Waals surface area contributed by atoms with Gasteiger partial charge in [-0.3, -0.25) is 0 Å². The fraction of sp³-hybridized carbons (Fsp3) is 0.333. The Morgan fingerprint density at radius 2 is 2.13 bits per heavy atom. The highest BCUT2D eigenvalue weighted by molar-refractivity contribution is 9.10. The van der Waals surface area contributed by atoms with Gasteiger partial charge in [0.15, 0.2) is 11.5 Å². The summed E-state index contributed by atoms with van der Waals surface area (Å²) in [6, 6.07) is 2.43. The van der Waals surface area contributed by atoms with Crippen LogP contribution in [0.15, 0.2) is 16.6 Å². The molecular weight excluding hydrogens is 272 g/mol. The van der Waals surface area contributed by atoms with Crippen molar-refractivity contribution in [2.75, 3.05) is 13.7 Å². The number of hydrogen-bond donors (Lipinski definition) is 2. The fourth-order valence-electron chi connectivity index (χ4n) is 1.10. The molecule has 0 unspecified atom stereocenters. The lowest BCUT2D eigenvalue weighted by Gasteiger charge is -2.17. The third-order valence-electron chi connectivity index (χ3n) is 1.95. The van der Waals surface area contributed by atoms with Gasteiger partial charge in [0.05, 0.1) is 18.1 Å². The maximum absolute atomic E-state index is 13.3. The standard InChI is InChI=1S/C9H10BrF2NO2/c1-15-6-3-2-5(7(10)8(6)14)9(11,12)4-13/h2-3,14H,4,13H2,1H3. The zero-order chi connectivity index (χ0) is 11.6. The number of methoxy groups -OCH3 is 1. The fourth-order valence-corrected chi connectivity index (χ4v) is 1.72. The third-order valence-corrected chi connectivity index (χ3v) is 2.75. The lowest BCUT2D eigenvalue weighted by atomic mass is 10.1. The SMILES string of the molecule is COc1ccc(C(F)(F)CN)c(Br)c1O. The first-order valence-electron chi connectivity index (χ1n) is 4.08. The average molecular weight is 282 g/mol. The molecule has 6 heteroatoms. The molecular formula is C9H10BrF2NO2. The van der Waals surface area contributed by atoms with E-state index < -0.39 is 12.5 Å². The Bertz CT molecular complexity index is 371. The maximum atomic E-state index is 13.3. The number of halogens is 3. The summed E-state index contributed by atoms with van der Waals surface area (Å²) < 4.78 is 31.2. The number of rotatable bonds is 3. The van der Waals surface area contributed by atoms with Gasteiger partial charge in [-0.05, 0) is 28.1 Å². The highest BCUT2D eigenvalue weighted by Crippen LogP contribution is 2.42. The summed E-state index contributed by atoms with van der Waals surface area (Å²) in [6.07, 6.45) is 0. The Morgan fingerprint density at radius 1 is 1.53 bits per heavy atom. The van der Waals surface area contributed by atoms with Gasteiger partial charge in [0.2, 0.25) is 0 Å². The molecule has 0 saturated heterocycles. The minimum Gasteiger partial charge on any atom is -0.503 e. The second kappa shape index (κ2) is 4.32. The normalized spacial score (nSPS) is 11.5. The Kier molecular flexibility index (Phi) is 3.51. The molecule has 3 N–H and O–H groups in total. The van der Waals surface area contributed by atoms with Gasteiger partial charge < -0.3 is 15.6 Å². The van der Waals surface area contributed by atoms with Gasteiger partial charge >= 0.3 is 0 Å². The molecule has 1 aromatic carbocycles. The van der Waals surface area contributed by atoms with E-state index in [0.29, 0.717) is 0 Å². The van der Waals surface area contributed by atoms with E-state index in [1.54, 1.807) is 0 Å². The molecule has 0 amide bonds. The summed E-state index contributed by atoms with van der Waals surface area (Å²) in [5, 5.41) is 9.49. The highest BCUT2D eigenvalue weighted by atomic mass is 79.9. The second-order valence-corrected chi connectivity index (χ2v) is 3.68. The summed E-state index contributed by atoms with van der Waals surface area (Å²) in [4.78, 5) is 0. The number of nitrogens with two attached hydrogens (primary N) is 1. The topological polar surface area (TPSA) is 55.5 Å². The molecule has 15 heavy (non-hydrogen) atoms. The van der Waals surface area contributed by atoms with Crippen molar-refractivity contribution in [2.24, 2.45) is 5.73 Å². The van der Waals surface area contributed by atoms with Crippen LogP contribution < -0.4 is 10.5 Å². The van der Waals surface area contributed by atoms with Crippen LogP contribution in [0.25, 0.3) is 0 Å². The van der Waals surface area contributed by atoms with Gasteiger partial charge in [-0.15, -0.1) is 0 Å². The first-order valence-corrected chi connectivity index (χ1v) is 4.87. The van der Waals surface area contributed by atoms with E-state index in [1.807, 2.05) is 0 Å². The minimum atomic E-state index is -3.18. The van der Waals surface area contributed by atoms with Crippen molar-refractivity contribution < 1.29 is 18.6 Å². The smallest absolute Gasteiger partial charge is 0.286 e. The maximum Gasteiger partial charge on any atom is 0.286 e. The van der Waals surface area contributed by atoms with E-state index in [0.717, 1.165) is 6.07 Å². The van der Waals surface area contributed by atoms with Crippen LogP contribution in [-0.4, -0.2) is 18.8 Å². The van der Waals surface area contributed by atoms with Crippen LogP contribution in [0.1, 0.15) is 5.56 Å². The Balaban J connectivity index is 3.29. The third kappa shape index (κ3) is 2.21. The summed E-state index contributed by atoms with van der Waals surface area (Å²) in [5.74, 6) is -3.41. The van der Waals surface area contributed by atoms with Crippen molar-refractivity contribution in [3.63, 3.8) is 0 Å². The molecule has 0 heterocycles. The average Bonchev–Trinajstić information content (AvgIpc) is 2.21. The quantitative estimate of drug-likeness (QED) is 0.893. The number of phenols is 1. The van der Waals surface area contributed by atoms with Crippen LogP contribution in [0.3, 0.4) is 0 Å². The van der Waals surface area contributed by atoms with E-state index in [2.05, 4.69) is 15.9 Å². The summed E-state index contributed by atoms with van der Waals surface area (Å²) in [7, 11) is 1.34. The number of phenolic OH excluding ortho intramolecular Hbond substituents is 1. The van der Waals surface area contributed by atoms with Crippen molar-refractivity contribution in [1.82, 2.24) is 0 Å². The van der Waals surface area contributed by atoms with Crippen molar-refractivity contribution in [3.8, 4) is 11.5 Å². The van der Waals surface area contributed by atoms with Crippen molar-refractivity contribution in [3.05, 3.63) is 22.2 Å². The van der Waals surface area contributed by atoms with Gasteiger partial charge in [0, 0.05) is 5.56 Å². The van der Waals surface area contributed by atoms with Crippen LogP contribution >= 0.6 is 15.9 Å². The van der Waals surface area contributed by atoms with Crippen molar-refractivity contribution >= 4 is 15.9 Å². The summed E-state index contributed by atoms with van der Waals surface area (Å²) in [5.41, 5.74) is 4.59. The molecule has 0 aliphatic heterocycles. The number of aromatic hydroxyl groups is 1. The lowest BCUT2D eigenvalue weighted by Crippen LogP contribution is -2.25. The van der Waals surface area contributed by atoms with Crippen molar-refractivity contribution in [1.29, 1.82) is 0 Å². The predicted octanol–water partition coefficient (Wildman–Crippen LogP) is 2.21. The molecule has 84 valence electrons. The highest BCUT2D eigenvalue weighted by Gasteiger charge is 2.33. The molecule has 0 aliphatic rings. The summed E-state index contributed by atoms with van der Waals surface area (Å²) >= 11 is 2.88. The molecule has 1 aromatic rings. The molecule has 0 atom stereocenters. The largest absolute Gasteiger partial charge is 0.503 e. The lowest BCUT2D eigenvalue weighted by molar-refractivity contribution is 0.00490. The van der Waals surface area contributed by atoms with Crippen LogP contribution in [0, 0.1) is 0 Å². The first-order chi connectivity index (χ1) is 6.94. The summed E-state index contributed by atoms with van der Waals surface area (Å²) in [6.45, 7) is -0.822.